The minimum Gasteiger partial charge on any atom is -0.507 e. The fraction of sp³-hybridized carbons (Fsp3) is 0.467. The van der Waals surface area contributed by atoms with Gasteiger partial charge in [0.25, 0.3) is 0 Å². The zero-order valence-electron chi connectivity index (χ0n) is 22.3. The molecule has 0 aliphatic rings. The Bertz CT molecular complexity index is 1120. The molecule has 0 bridgehead atoms. The summed E-state index contributed by atoms with van der Waals surface area (Å²) < 4.78 is 5.39. The molecule has 196 valence electrons. The molecule has 0 amide bonds. The van der Waals surface area contributed by atoms with Gasteiger partial charge in [0.15, 0.2) is 0 Å². The van der Waals surface area contributed by atoms with Gasteiger partial charge in [0.05, 0.1) is 17.3 Å². The van der Waals surface area contributed by atoms with Crippen LogP contribution in [0.2, 0.25) is 0 Å². The number of aliphatic hydroxyl groups excluding tert-OH is 1. The molecule has 0 aromatic carbocycles. The summed E-state index contributed by atoms with van der Waals surface area (Å²) in [4.78, 5) is 16.4. The molecule has 0 fully saturated rings. The summed E-state index contributed by atoms with van der Waals surface area (Å²) in [6.45, 7) is 9.48. The topological polar surface area (TPSA) is 104 Å². The van der Waals surface area contributed by atoms with Crippen LogP contribution in [0.5, 0.6) is 5.75 Å². The maximum atomic E-state index is 12.4. The lowest BCUT2D eigenvalue weighted by molar-refractivity contribution is -0.0509. The van der Waals surface area contributed by atoms with E-state index in [2.05, 4.69) is 31.0 Å². The Labute approximate surface area is 214 Å². The quantitative estimate of drug-likeness (QED) is 0.283. The Morgan fingerprint density at radius 1 is 1.06 bits per heavy atom. The number of aliphatic hydroxyl groups is 2. The number of pyridine rings is 1. The zero-order chi connectivity index (χ0) is 26.7. The smallest absolute Gasteiger partial charge is 0.343 e. The van der Waals surface area contributed by atoms with Crippen LogP contribution in [-0.4, -0.2) is 32.0 Å². The number of nitrogens with zero attached hydrogens (tertiary/aromatic N) is 1. The molecule has 0 saturated heterocycles. The predicted molar refractivity (Wildman–Crippen MR) is 145 cm³/mol. The highest BCUT2D eigenvalue weighted by Crippen LogP contribution is 2.24. The Morgan fingerprint density at radius 2 is 1.67 bits per heavy atom. The molecule has 0 spiro atoms. The molecule has 2 rings (SSSR count). The van der Waals surface area contributed by atoms with Gasteiger partial charge < -0.3 is 19.7 Å². The van der Waals surface area contributed by atoms with Gasteiger partial charge in [-0.1, -0.05) is 34.9 Å². The van der Waals surface area contributed by atoms with Crippen LogP contribution < -0.4 is 5.63 Å². The van der Waals surface area contributed by atoms with Crippen molar-refractivity contribution in [3.8, 4) is 17.1 Å². The van der Waals surface area contributed by atoms with Crippen LogP contribution in [0.4, 0.5) is 0 Å². The molecule has 0 saturated carbocycles. The summed E-state index contributed by atoms with van der Waals surface area (Å²) >= 11 is 0. The fourth-order valence-corrected chi connectivity index (χ4v) is 3.74. The summed E-state index contributed by atoms with van der Waals surface area (Å²) in [5.74, 6) is 0.232. The second-order valence-electron chi connectivity index (χ2n) is 10.1. The molecule has 3 N–H and O–H groups in total. The van der Waals surface area contributed by atoms with Gasteiger partial charge in [0.2, 0.25) is 0 Å². The molecule has 6 nitrogen and oxygen atoms in total. The van der Waals surface area contributed by atoms with Crippen molar-refractivity contribution in [3.63, 3.8) is 0 Å². The van der Waals surface area contributed by atoms with Crippen LogP contribution in [0, 0.1) is 0 Å². The maximum Gasteiger partial charge on any atom is 0.343 e. The number of hydrogen-bond acceptors (Lipinski definition) is 6. The molecule has 0 aliphatic carbocycles. The molecule has 2 aromatic rings. The molecular weight excluding hydrogens is 454 g/mol. The van der Waals surface area contributed by atoms with E-state index >= 15 is 0 Å². The van der Waals surface area contributed by atoms with Gasteiger partial charge in [0.1, 0.15) is 11.5 Å². The highest BCUT2D eigenvalue weighted by molar-refractivity contribution is 5.57. The average Bonchev–Trinajstić information content (AvgIpc) is 2.81. The van der Waals surface area contributed by atoms with Gasteiger partial charge in [-0.3, -0.25) is 4.98 Å². The lowest BCUT2D eigenvalue weighted by Gasteiger charge is -2.24. The maximum absolute atomic E-state index is 12.4. The van der Waals surface area contributed by atoms with Crippen molar-refractivity contribution in [2.24, 2.45) is 0 Å². The van der Waals surface area contributed by atoms with E-state index in [4.69, 9.17) is 4.42 Å². The molecule has 0 radical (unpaired) electrons. The van der Waals surface area contributed by atoms with Crippen LogP contribution in [0.3, 0.4) is 0 Å². The highest BCUT2D eigenvalue weighted by atomic mass is 16.4. The summed E-state index contributed by atoms with van der Waals surface area (Å²) in [5, 5.41) is 30.1. The van der Waals surface area contributed by atoms with E-state index in [1.54, 1.807) is 38.4 Å². The van der Waals surface area contributed by atoms with Gasteiger partial charge in [-0.05, 0) is 85.3 Å². The molecular formula is C30H41NO5. The van der Waals surface area contributed by atoms with Gasteiger partial charge in [0, 0.05) is 30.4 Å². The SMILES string of the molecule is C/C(=C\CC/C(C)=C/Cc1c(O)cc(-c2cccnc2)oc1=O)CC/C=C(\C)CCC(O)C(C)(C)O. The lowest BCUT2D eigenvalue weighted by atomic mass is 9.95. The zero-order valence-corrected chi connectivity index (χ0v) is 22.3. The molecule has 1 atom stereocenters. The number of rotatable bonds is 13. The first-order valence-corrected chi connectivity index (χ1v) is 12.6. The second kappa shape index (κ2) is 14.0. The summed E-state index contributed by atoms with van der Waals surface area (Å²) in [5.41, 5.74) is 3.00. The Morgan fingerprint density at radius 3 is 2.22 bits per heavy atom. The third kappa shape index (κ3) is 9.96. The highest BCUT2D eigenvalue weighted by Gasteiger charge is 2.23. The first-order chi connectivity index (χ1) is 17.0. The minimum atomic E-state index is -1.07. The van der Waals surface area contributed by atoms with E-state index in [-0.39, 0.29) is 11.3 Å². The van der Waals surface area contributed by atoms with Crippen molar-refractivity contribution in [3.05, 3.63) is 81.5 Å². The molecule has 36 heavy (non-hydrogen) atoms. The Hall–Kier alpha value is -2.96. The van der Waals surface area contributed by atoms with Crippen molar-refractivity contribution in [1.29, 1.82) is 0 Å². The van der Waals surface area contributed by atoms with Gasteiger partial charge >= 0.3 is 5.63 Å². The normalized spacial score (nSPS) is 14.2. The summed E-state index contributed by atoms with van der Waals surface area (Å²) in [7, 11) is 0. The number of aromatic hydroxyl groups is 1. The molecule has 6 heteroatoms. The van der Waals surface area contributed by atoms with Crippen LogP contribution in [0.1, 0.15) is 78.7 Å². The van der Waals surface area contributed by atoms with Gasteiger partial charge in [-0.2, -0.15) is 0 Å². The number of aromatic nitrogens is 1. The third-order valence-electron chi connectivity index (χ3n) is 6.32. The Kier molecular flexibility index (Phi) is 11.3. The van der Waals surface area contributed by atoms with Crippen LogP contribution in [-0.2, 0) is 6.42 Å². The van der Waals surface area contributed by atoms with Crippen LogP contribution in [0.25, 0.3) is 11.3 Å². The molecule has 2 heterocycles. The van der Waals surface area contributed by atoms with E-state index in [1.807, 2.05) is 13.0 Å². The van der Waals surface area contributed by atoms with Crippen molar-refractivity contribution in [2.75, 3.05) is 0 Å². The molecule has 1 unspecified atom stereocenters. The summed E-state index contributed by atoms with van der Waals surface area (Å²) in [6.07, 6.45) is 14.3. The van der Waals surface area contributed by atoms with Crippen molar-refractivity contribution < 1.29 is 19.7 Å². The van der Waals surface area contributed by atoms with E-state index < -0.39 is 17.3 Å². The van der Waals surface area contributed by atoms with Crippen LogP contribution >= 0.6 is 0 Å². The van der Waals surface area contributed by atoms with Gasteiger partial charge in [-0.15, -0.1) is 0 Å². The largest absolute Gasteiger partial charge is 0.507 e. The van der Waals surface area contributed by atoms with E-state index in [0.29, 0.717) is 24.2 Å². The lowest BCUT2D eigenvalue weighted by Crippen LogP contribution is -2.35. The fourth-order valence-electron chi connectivity index (χ4n) is 3.74. The first kappa shape index (κ1) is 29.3. The molecule has 0 aliphatic heterocycles. The first-order valence-electron chi connectivity index (χ1n) is 12.6. The van der Waals surface area contributed by atoms with Crippen molar-refractivity contribution in [2.45, 2.75) is 91.3 Å². The van der Waals surface area contributed by atoms with Gasteiger partial charge in [-0.25, -0.2) is 4.79 Å². The monoisotopic (exact) mass is 495 g/mol. The number of hydrogen-bond donors (Lipinski definition) is 3. The standard InChI is InChI=1S/C30H41NO5/c1-21(10-7-12-23(3)15-17-28(33)30(4,5)35)9-6-11-22(2)14-16-25-26(32)19-27(36-29(25)34)24-13-8-18-31-20-24/h8-9,12-14,18-20,28,32-33,35H,6-7,10-11,15-17H2,1-5H3/b21-9+,22-14+,23-12+. The van der Waals surface area contributed by atoms with E-state index in [9.17, 15) is 20.1 Å². The second-order valence-corrected chi connectivity index (χ2v) is 10.1. The van der Waals surface area contributed by atoms with Crippen molar-refractivity contribution in [1.82, 2.24) is 4.98 Å². The Balaban J connectivity index is 1.80. The summed E-state index contributed by atoms with van der Waals surface area (Å²) in [6, 6.07) is 4.98. The number of allylic oxidation sites excluding steroid dienone is 6. The van der Waals surface area contributed by atoms with E-state index in [1.165, 1.54) is 17.2 Å². The van der Waals surface area contributed by atoms with Crippen molar-refractivity contribution >= 4 is 0 Å². The third-order valence-corrected chi connectivity index (χ3v) is 6.32. The van der Waals surface area contributed by atoms with Crippen LogP contribution in [0.15, 0.2) is 74.8 Å². The minimum absolute atomic E-state index is 0.0668. The van der Waals surface area contributed by atoms with E-state index in [0.717, 1.165) is 37.7 Å². The molecule has 2 aromatic heterocycles. The predicted octanol–water partition coefficient (Wildman–Crippen LogP) is 6.26. The average molecular weight is 496 g/mol.